The van der Waals surface area contributed by atoms with Gasteiger partial charge in [-0.25, -0.2) is 14.0 Å². The molecule has 0 aliphatic carbocycles. The van der Waals surface area contributed by atoms with Crippen molar-refractivity contribution in [2.45, 2.75) is 6.42 Å². The standard InChI is InChI=1S/C24H17BrCl2N4O3S/c25-16-6-4-15(5-7-16)10-23-28-22(20-9-8-17(26)11-21(20)27)13-30(23)18-2-1-3-19(12-18)31-14-24(32)29-35(31,33)34/h1-9,11-14,29,32H,10H2. The number of aliphatic hydroxyl groups excluding tert-OH is 1. The van der Waals surface area contributed by atoms with Gasteiger partial charge < -0.3 is 9.67 Å². The Balaban J connectivity index is 1.62. The van der Waals surface area contributed by atoms with Crippen LogP contribution in [0, 0.1) is 0 Å². The van der Waals surface area contributed by atoms with Crippen LogP contribution in [0.1, 0.15) is 11.4 Å². The molecule has 11 heteroatoms. The van der Waals surface area contributed by atoms with Crippen molar-refractivity contribution < 1.29 is 13.5 Å². The SMILES string of the molecule is O=S1(=O)NC(O)=CN1c1cccc(-n2cc(-c3ccc(Cl)cc3Cl)nc2Cc2ccc(Br)cc2)c1. The van der Waals surface area contributed by atoms with Crippen LogP contribution in [0.3, 0.4) is 0 Å². The number of halogens is 3. The lowest BCUT2D eigenvalue weighted by molar-refractivity contribution is 0.392. The van der Waals surface area contributed by atoms with Crippen molar-refractivity contribution in [2.24, 2.45) is 0 Å². The number of hydrogen-bond donors (Lipinski definition) is 2. The second-order valence-electron chi connectivity index (χ2n) is 7.78. The van der Waals surface area contributed by atoms with E-state index in [1.165, 1.54) is 0 Å². The van der Waals surface area contributed by atoms with Crippen LogP contribution < -0.4 is 9.03 Å². The average Bonchev–Trinajstić information content (AvgIpc) is 3.34. The van der Waals surface area contributed by atoms with Crippen LogP contribution in [0.4, 0.5) is 5.69 Å². The summed E-state index contributed by atoms with van der Waals surface area (Å²) < 4.78 is 30.6. The number of nitrogens with zero attached hydrogens (tertiary/aromatic N) is 3. The molecule has 3 aromatic carbocycles. The molecule has 0 unspecified atom stereocenters. The highest BCUT2D eigenvalue weighted by molar-refractivity contribution is 9.10. The summed E-state index contributed by atoms with van der Waals surface area (Å²) in [6, 6.07) is 20.1. The fourth-order valence-electron chi connectivity index (χ4n) is 3.76. The molecule has 5 rings (SSSR count). The van der Waals surface area contributed by atoms with Gasteiger partial charge in [-0.05, 0) is 54.1 Å². The Bertz CT molecular complexity index is 1570. The van der Waals surface area contributed by atoms with Crippen molar-refractivity contribution in [2.75, 3.05) is 4.31 Å². The van der Waals surface area contributed by atoms with Crippen LogP contribution in [0.15, 0.2) is 89.5 Å². The first-order valence-corrected chi connectivity index (χ1v) is 13.3. The number of anilines is 1. The number of imidazole rings is 1. The summed E-state index contributed by atoms with van der Waals surface area (Å²) in [4.78, 5) is 4.86. The van der Waals surface area contributed by atoms with Crippen molar-refractivity contribution in [3.05, 3.63) is 111 Å². The van der Waals surface area contributed by atoms with Gasteiger partial charge in [0.1, 0.15) is 5.82 Å². The molecule has 1 aliphatic heterocycles. The quantitative estimate of drug-likeness (QED) is 0.289. The lowest BCUT2D eigenvalue weighted by Crippen LogP contribution is -2.29. The topological polar surface area (TPSA) is 87.5 Å². The van der Waals surface area contributed by atoms with E-state index in [0.717, 1.165) is 31.9 Å². The molecular formula is C24H17BrCl2N4O3S. The minimum absolute atomic E-state index is 0.355. The second-order valence-corrected chi connectivity index (χ2v) is 11.1. The first-order chi connectivity index (χ1) is 16.7. The number of rotatable bonds is 5. The van der Waals surface area contributed by atoms with E-state index in [1.807, 2.05) is 47.2 Å². The maximum absolute atomic E-state index is 12.4. The molecule has 7 nitrogen and oxygen atoms in total. The van der Waals surface area contributed by atoms with Gasteiger partial charge in [-0.3, -0.25) is 0 Å². The molecule has 2 N–H and O–H groups in total. The average molecular weight is 592 g/mol. The van der Waals surface area contributed by atoms with E-state index in [4.69, 9.17) is 28.2 Å². The highest BCUT2D eigenvalue weighted by atomic mass is 79.9. The van der Waals surface area contributed by atoms with Gasteiger partial charge in [0.25, 0.3) is 0 Å². The fraction of sp³-hybridized carbons (Fsp3) is 0.0417. The van der Waals surface area contributed by atoms with Gasteiger partial charge in [0, 0.05) is 33.4 Å². The summed E-state index contributed by atoms with van der Waals surface area (Å²) in [6.45, 7) is 0. The van der Waals surface area contributed by atoms with Crippen molar-refractivity contribution >= 4 is 55.0 Å². The first kappa shape index (κ1) is 23.7. The maximum Gasteiger partial charge on any atom is 0.330 e. The van der Waals surface area contributed by atoms with Crippen LogP contribution in [0.25, 0.3) is 16.9 Å². The van der Waals surface area contributed by atoms with Crippen LogP contribution in [0.5, 0.6) is 0 Å². The lowest BCUT2D eigenvalue weighted by atomic mass is 10.1. The molecule has 1 aromatic heterocycles. The summed E-state index contributed by atoms with van der Waals surface area (Å²) in [6.07, 6.45) is 3.49. The zero-order valence-corrected chi connectivity index (χ0v) is 21.8. The van der Waals surface area contributed by atoms with Gasteiger partial charge in [0.2, 0.25) is 5.88 Å². The van der Waals surface area contributed by atoms with Gasteiger partial charge in [-0.15, -0.1) is 0 Å². The summed E-state index contributed by atoms with van der Waals surface area (Å²) in [5, 5.41) is 10.7. The van der Waals surface area contributed by atoms with E-state index in [-0.39, 0.29) is 0 Å². The Labute approximate surface area is 220 Å². The minimum Gasteiger partial charge on any atom is -0.493 e. The lowest BCUT2D eigenvalue weighted by Gasteiger charge is -2.16. The van der Waals surface area contributed by atoms with Gasteiger partial charge in [-0.2, -0.15) is 8.42 Å². The predicted octanol–water partition coefficient (Wildman–Crippen LogP) is 6.21. The molecule has 35 heavy (non-hydrogen) atoms. The third-order valence-corrected chi connectivity index (χ3v) is 7.73. The smallest absolute Gasteiger partial charge is 0.330 e. The van der Waals surface area contributed by atoms with E-state index >= 15 is 0 Å². The Kier molecular flexibility index (Phi) is 6.27. The monoisotopic (exact) mass is 590 g/mol. The van der Waals surface area contributed by atoms with Crippen molar-refractivity contribution in [3.63, 3.8) is 0 Å². The fourth-order valence-corrected chi connectivity index (χ4v) is 5.57. The molecule has 0 spiro atoms. The van der Waals surface area contributed by atoms with Gasteiger partial charge in [0.05, 0.1) is 22.6 Å². The molecule has 0 radical (unpaired) electrons. The summed E-state index contributed by atoms with van der Waals surface area (Å²) >= 11 is 16.0. The van der Waals surface area contributed by atoms with E-state index < -0.39 is 16.1 Å². The Morgan fingerprint density at radius 1 is 1.00 bits per heavy atom. The summed E-state index contributed by atoms with van der Waals surface area (Å²) in [5.74, 6) is 0.278. The van der Waals surface area contributed by atoms with Crippen LogP contribution in [0.2, 0.25) is 10.0 Å². The number of hydrogen-bond acceptors (Lipinski definition) is 4. The number of benzene rings is 3. The summed E-state index contributed by atoms with van der Waals surface area (Å²) in [5.41, 5.74) is 3.46. The zero-order valence-electron chi connectivity index (χ0n) is 17.9. The molecule has 0 saturated carbocycles. The predicted molar refractivity (Wildman–Crippen MR) is 141 cm³/mol. The molecular weight excluding hydrogens is 575 g/mol. The molecule has 1 aliphatic rings. The zero-order chi connectivity index (χ0) is 24.7. The first-order valence-electron chi connectivity index (χ1n) is 10.3. The highest BCUT2D eigenvalue weighted by Crippen LogP contribution is 2.32. The third-order valence-electron chi connectivity index (χ3n) is 5.36. The molecule has 0 bridgehead atoms. The molecule has 0 saturated heterocycles. The largest absolute Gasteiger partial charge is 0.493 e. The Morgan fingerprint density at radius 3 is 2.43 bits per heavy atom. The van der Waals surface area contributed by atoms with E-state index in [9.17, 15) is 13.5 Å². The third kappa shape index (κ3) is 4.90. The van der Waals surface area contributed by atoms with Gasteiger partial charge in [-0.1, -0.05) is 57.3 Å². The molecule has 0 amide bonds. The van der Waals surface area contributed by atoms with Crippen LogP contribution in [-0.4, -0.2) is 23.1 Å². The van der Waals surface area contributed by atoms with Gasteiger partial charge in [0.15, 0.2) is 0 Å². The van der Waals surface area contributed by atoms with E-state index in [1.54, 1.807) is 30.3 Å². The van der Waals surface area contributed by atoms with Gasteiger partial charge >= 0.3 is 10.2 Å². The maximum atomic E-state index is 12.4. The Hall–Kier alpha value is -2.98. The second kappa shape index (κ2) is 9.23. The minimum atomic E-state index is -3.92. The number of nitrogens with one attached hydrogen (secondary N) is 1. The molecule has 4 aromatic rings. The van der Waals surface area contributed by atoms with Crippen molar-refractivity contribution in [1.82, 2.24) is 14.3 Å². The molecule has 0 atom stereocenters. The summed E-state index contributed by atoms with van der Waals surface area (Å²) in [7, 11) is -3.92. The van der Waals surface area contributed by atoms with E-state index in [0.29, 0.717) is 33.5 Å². The van der Waals surface area contributed by atoms with Crippen molar-refractivity contribution in [3.8, 4) is 16.9 Å². The normalized spacial score (nSPS) is 14.6. The molecule has 2 heterocycles. The molecule has 178 valence electrons. The van der Waals surface area contributed by atoms with Crippen molar-refractivity contribution in [1.29, 1.82) is 0 Å². The van der Waals surface area contributed by atoms with E-state index in [2.05, 4.69) is 20.7 Å². The van der Waals surface area contributed by atoms with Crippen LogP contribution >= 0.6 is 39.1 Å². The number of aromatic nitrogens is 2. The Morgan fingerprint density at radius 2 is 1.74 bits per heavy atom. The molecule has 0 fully saturated rings. The van der Waals surface area contributed by atoms with Crippen LogP contribution in [-0.2, 0) is 16.6 Å². The number of aliphatic hydroxyl groups is 1. The highest BCUT2D eigenvalue weighted by Gasteiger charge is 2.29.